The minimum absolute atomic E-state index is 0.000340. The lowest BCUT2D eigenvalue weighted by Crippen LogP contribution is -2.36. The minimum Gasteiger partial charge on any atom is -0.489 e. The van der Waals surface area contributed by atoms with Crippen molar-refractivity contribution < 1.29 is 9.53 Å². The molecule has 2 N–H and O–H groups in total. The Balaban J connectivity index is 1.44. The van der Waals surface area contributed by atoms with Crippen molar-refractivity contribution in [1.82, 2.24) is 15.5 Å². The number of guanidine groups is 1. The zero-order valence-electron chi connectivity index (χ0n) is 18.8. The van der Waals surface area contributed by atoms with Crippen LogP contribution in [0.3, 0.4) is 0 Å². The first-order valence-corrected chi connectivity index (χ1v) is 10.6. The molecule has 166 valence electrons. The molecule has 0 spiro atoms. The van der Waals surface area contributed by atoms with Crippen LogP contribution in [0.2, 0.25) is 0 Å². The van der Waals surface area contributed by atoms with E-state index in [9.17, 15) is 4.79 Å². The molecule has 0 heterocycles. The van der Waals surface area contributed by atoms with Crippen molar-refractivity contribution in [1.29, 1.82) is 0 Å². The van der Waals surface area contributed by atoms with Crippen LogP contribution in [0.5, 0.6) is 5.75 Å². The zero-order chi connectivity index (χ0) is 22.8. The molecule has 0 aliphatic heterocycles. The summed E-state index contributed by atoms with van der Waals surface area (Å²) in [5.41, 5.74) is 4.03. The van der Waals surface area contributed by atoms with Gasteiger partial charge in [-0.1, -0.05) is 54.6 Å². The number of ether oxygens (including phenoxy) is 1. The average molecular weight is 431 g/mol. The van der Waals surface area contributed by atoms with Gasteiger partial charge in [0.15, 0.2) is 5.96 Å². The Morgan fingerprint density at radius 2 is 1.34 bits per heavy atom. The molecule has 1 amide bonds. The van der Waals surface area contributed by atoms with Gasteiger partial charge in [0.2, 0.25) is 0 Å². The third-order valence-electron chi connectivity index (χ3n) is 4.92. The van der Waals surface area contributed by atoms with Crippen molar-refractivity contribution in [2.75, 3.05) is 21.1 Å². The van der Waals surface area contributed by atoms with E-state index in [-0.39, 0.29) is 5.91 Å². The van der Waals surface area contributed by atoms with Gasteiger partial charge in [-0.3, -0.25) is 9.79 Å². The maximum atomic E-state index is 12.0. The lowest BCUT2D eigenvalue weighted by Gasteiger charge is -2.13. The molecule has 0 aliphatic carbocycles. The molecule has 0 saturated carbocycles. The van der Waals surface area contributed by atoms with E-state index in [1.165, 1.54) is 0 Å². The van der Waals surface area contributed by atoms with Crippen LogP contribution < -0.4 is 15.4 Å². The Morgan fingerprint density at radius 1 is 0.812 bits per heavy atom. The summed E-state index contributed by atoms with van der Waals surface area (Å²) in [6, 6.07) is 25.7. The summed E-state index contributed by atoms with van der Waals surface area (Å²) in [5.74, 6) is 1.58. The number of para-hydroxylation sites is 1. The Morgan fingerprint density at radius 3 is 1.88 bits per heavy atom. The lowest BCUT2D eigenvalue weighted by molar-refractivity contribution is 0.0827. The maximum absolute atomic E-state index is 12.0. The summed E-state index contributed by atoms with van der Waals surface area (Å²) < 4.78 is 5.79. The molecule has 0 bridgehead atoms. The van der Waals surface area contributed by atoms with Crippen LogP contribution in [0, 0.1) is 0 Å². The number of amides is 1. The quantitative estimate of drug-likeness (QED) is 0.421. The molecule has 6 nitrogen and oxygen atoms in total. The molecule has 0 radical (unpaired) electrons. The SMILES string of the molecule is CN=C(NCc1ccc(COc2ccccc2)cc1)NCc1ccc(C(=O)N(C)C)cc1. The van der Waals surface area contributed by atoms with Gasteiger partial charge in [0.1, 0.15) is 12.4 Å². The standard InChI is InChI=1S/C26H30N4O2/c1-27-26(29-18-21-13-15-23(16-14-21)25(31)30(2)3)28-17-20-9-11-22(12-10-20)19-32-24-7-5-4-6-8-24/h4-16H,17-19H2,1-3H3,(H2,27,28,29). The van der Waals surface area contributed by atoms with Crippen LogP contribution in [0.1, 0.15) is 27.0 Å². The van der Waals surface area contributed by atoms with Gasteiger partial charge in [-0.05, 0) is 41.0 Å². The molecule has 0 saturated heterocycles. The number of hydrogen-bond acceptors (Lipinski definition) is 3. The summed E-state index contributed by atoms with van der Waals surface area (Å²) in [7, 11) is 5.25. The summed E-state index contributed by atoms with van der Waals surface area (Å²) in [6.07, 6.45) is 0. The van der Waals surface area contributed by atoms with Crippen molar-refractivity contribution >= 4 is 11.9 Å². The van der Waals surface area contributed by atoms with Crippen molar-refractivity contribution in [2.24, 2.45) is 4.99 Å². The Labute approximate surface area is 189 Å². The molecule has 3 rings (SSSR count). The van der Waals surface area contributed by atoms with E-state index in [0.29, 0.717) is 25.3 Å². The summed E-state index contributed by atoms with van der Waals surface area (Å²) >= 11 is 0. The molecule has 0 fully saturated rings. The fourth-order valence-electron chi connectivity index (χ4n) is 3.05. The van der Waals surface area contributed by atoms with Gasteiger partial charge in [-0.25, -0.2) is 0 Å². The van der Waals surface area contributed by atoms with Crippen molar-refractivity contribution in [3.05, 3.63) is 101 Å². The number of carbonyl (C=O) groups excluding carboxylic acids is 1. The Kier molecular flexibility index (Phi) is 8.26. The molecule has 3 aromatic rings. The average Bonchev–Trinajstić information content (AvgIpc) is 2.84. The lowest BCUT2D eigenvalue weighted by atomic mass is 10.1. The first-order chi connectivity index (χ1) is 15.5. The molecule has 0 atom stereocenters. The number of hydrogen-bond donors (Lipinski definition) is 2. The van der Waals surface area contributed by atoms with Crippen molar-refractivity contribution in [3.63, 3.8) is 0 Å². The van der Waals surface area contributed by atoms with Gasteiger partial charge in [0, 0.05) is 39.8 Å². The second-order valence-electron chi connectivity index (χ2n) is 7.59. The first-order valence-electron chi connectivity index (χ1n) is 10.6. The zero-order valence-corrected chi connectivity index (χ0v) is 18.8. The number of carbonyl (C=O) groups is 1. The van der Waals surface area contributed by atoms with E-state index in [2.05, 4.69) is 39.9 Å². The molecule has 6 heteroatoms. The van der Waals surface area contributed by atoms with Crippen LogP contribution in [0.15, 0.2) is 83.9 Å². The van der Waals surface area contributed by atoms with E-state index in [0.717, 1.165) is 28.4 Å². The van der Waals surface area contributed by atoms with Crippen LogP contribution in [0.25, 0.3) is 0 Å². The third kappa shape index (κ3) is 6.87. The molecule has 0 aromatic heterocycles. The summed E-state index contributed by atoms with van der Waals surface area (Å²) in [4.78, 5) is 17.8. The largest absolute Gasteiger partial charge is 0.489 e. The smallest absolute Gasteiger partial charge is 0.253 e. The predicted octanol–water partition coefficient (Wildman–Crippen LogP) is 3.83. The normalized spacial score (nSPS) is 11.0. The van der Waals surface area contributed by atoms with Crippen LogP contribution >= 0.6 is 0 Å². The molecule has 0 unspecified atom stereocenters. The number of nitrogens with one attached hydrogen (secondary N) is 2. The topological polar surface area (TPSA) is 66.0 Å². The maximum Gasteiger partial charge on any atom is 0.253 e. The van der Waals surface area contributed by atoms with Crippen molar-refractivity contribution in [2.45, 2.75) is 19.7 Å². The van der Waals surface area contributed by atoms with Crippen molar-refractivity contribution in [3.8, 4) is 5.75 Å². The number of rotatable bonds is 8. The number of benzene rings is 3. The van der Waals surface area contributed by atoms with E-state index in [4.69, 9.17) is 4.74 Å². The second-order valence-corrected chi connectivity index (χ2v) is 7.59. The number of nitrogens with zero attached hydrogens (tertiary/aromatic N) is 2. The molecule has 32 heavy (non-hydrogen) atoms. The van der Waals surface area contributed by atoms with E-state index in [1.54, 1.807) is 26.0 Å². The highest BCUT2D eigenvalue weighted by Gasteiger charge is 2.07. The molecule has 0 aliphatic rings. The van der Waals surface area contributed by atoms with Gasteiger partial charge < -0.3 is 20.3 Å². The highest BCUT2D eigenvalue weighted by molar-refractivity contribution is 5.93. The van der Waals surface area contributed by atoms with Gasteiger partial charge in [0.05, 0.1) is 0 Å². The second kappa shape index (κ2) is 11.6. The molecular weight excluding hydrogens is 400 g/mol. The van der Waals surface area contributed by atoms with E-state index in [1.807, 2.05) is 54.6 Å². The minimum atomic E-state index is -0.000340. The van der Waals surface area contributed by atoms with Crippen LogP contribution in [-0.4, -0.2) is 37.9 Å². The fraction of sp³-hybridized carbons (Fsp3) is 0.231. The number of aliphatic imine (C=N–C) groups is 1. The van der Waals surface area contributed by atoms with Gasteiger partial charge in [-0.15, -0.1) is 0 Å². The van der Waals surface area contributed by atoms with Gasteiger partial charge in [0.25, 0.3) is 5.91 Å². The Bertz CT molecular complexity index is 1010. The van der Waals surface area contributed by atoms with E-state index >= 15 is 0 Å². The highest BCUT2D eigenvalue weighted by atomic mass is 16.5. The van der Waals surface area contributed by atoms with Gasteiger partial charge >= 0.3 is 0 Å². The van der Waals surface area contributed by atoms with E-state index < -0.39 is 0 Å². The monoisotopic (exact) mass is 430 g/mol. The molecule has 3 aromatic carbocycles. The van der Waals surface area contributed by atoms with Crippen LogP contribution in [-0.2, 0) is 19.7 Å². The van der Waals surface area contributed by atoms with Crippen LogP contribution in [0.4, 0.5) is 0 Å². The summed E-state index contributed by atoms with van der Waals surface area (Å²) in [5, 5.41) is 6.63. The predicted molar refractivity (Wildman–Crippen MR) is 129 cm³/mol. The van der Waals surface area contributed by atoms with Gasteiger partial charge in [-0.2, -0.15) is 0 Å². The third-order valence-corrected chi connectivity index (χ3v) is 4.92. The highest BCUT2D eigenvalue weighted by Crippen LogP contribution is 2.12. The first kappa shape index (κ1) is 22.9. The Hall–Kier alpha value is -3.80. The molecular formula is C26H30N4O2. The fourth-order valence-corrected chi connectivity index (χ4v) is 3.05. The summed E-state index contributed by atoms with van der Waals surface area (Å²) in [6.45, 7) is 1.82.